The summed E-state index contributed by atoms with van der Waals surface area (Å²) in [6, 6.07) is 9.07. The monoisotopic (exact) mass is 235 g/mol. The van der Waals surface area contributed by atoms with Crippen molar-refractivity contribution in [3.05, 3.63) is 35.4 Å². The van der Waals surface area contributed by atoms with Crippen LogP contribution in [0.4, 0.5) is 0 Å². The van der Waals surface area contributed by atoms with Gasteiger partial charge < -0.3 is 10.1 Å². The number of nitrogens with one attached hydrogen (secondary N) is 1. The van der Waals surface area contributed by atoms with E-state index in [0.717, 1.165) is 19.6 Å². The molecule has 0 bridgehead atoms. The van der Waals surface area contributed by atoms with E-state index in [9.17, 15) is 0 Å². The SMILES string of the molecule is CCc1ccc(C(COCC(C)C)NC)cc1. The Morgan fingerprint density at radius 2 is 1.76 bits per heavy atom. The Bertz CT molecular complexity index is 305. The maximum atomic E-state index is 5.70. The zero-order valence-corrected chi connectivity index (χ0v) is 11.5. The minimum absolute atomic E-state index is 0.291. The summed E-state index contributed by atoms with van der Waals surface area (Å²) in [4.78, 5) is 0. The van der Waals surface area contributed by atoms with Crippen LogP contribution < -0.4 is 5.32 Å². The van der Waals surface area contributed by atoms with Crippen molar-refractivity contribution in [3.63, 3.8) is 0 Å². The van der Waals surface area contributed by atoms with Crippen molar-refractivity contribution in [3.8, 4) is 0 Å². The molecule has 1 atom stereocenters. The first-order chi connectivity index (χ1) is 8.17. The predicted octanol–water partition coefficient (Wildman–Crippen LogP) is 3.18. The molecule has 1 N–H and O–H groups in total. The third-order valence-corrected chi connectivity index (χ3v) is 2.87. The molecular formula is C15H25NO. The molecule has 0 spiro atoms. The fourth-order valence-corrected chi connectivity index (χ4v) is 1.75. The van der Waals surface area contributed by atoms with Crippen LogP contribution in [0.3, 0.4) is 0 Å². The maximum Gasteiger partial charge on any atom is 0.0661 e. The molecule has 2 nitrogen and oxygen atoms in total. The summed E-state index contributed by atoms with van der Waals surface area (Å²) in [6.07, 6.45) is 1.09. The lowest BCUT2D eigenvalue weighted by atomic mass is 10.0. The van der Waals surface area contributed by atoms with Crippen LogP contribution in [-0.2, 0) is 11.2 Å². The number of rotatable bonds is 7. The number of hydrogen-bond donors (Lipinski definition) is 1. The van der Waals surface area contributed by atoms with Gasteiger partial charge in [-0.2, -0.15) is 0 Å². The lowest BCUT2D eigenvalue weighted by Gasteiger charge is -2.18. The number of likely N-dealkylation sites (N-methyl/N-ethyl adjacent to an activating group) is 1. The van der Waals surface area contributed by atoms with Crippen LogP contribution in [0.2, 0.25) is 0 Å². The van der Waals surface area contributed by atoms with Crippen LogP contribution in [0.5, 0.6) is 0 Å². The first-order valence-electron chi connectivity index (χ1n) is 6.51. The Balaban J connectivity index is 2.53. The average molecular weight is 235 g/mol. The maximum absolute atomic E-state index is 5.70. The fourth-order valence-electron chi connectivity index (χ4n) is 1.75. The molecule has 96 valence electrons. The molecule has 0 saturated carbocycles. The summed E-state index contributed by atoms with van der Waals surface area (Å²) in [5, 5.41) is 3.30. The molecule has 1 aromatic carbocycles. The Hall–Kier alpha value is -0.860. The smallest absolute Gasteiger partial charge is 0.0661 e. The Morgan fingerprint density at radius 3 is 2.24 bits per heavy atom. The molecule has 1 aromatic rings. The van der Waals surface area contributed by atoms with Crippen LogP contribution in [0, 0.1) is 5.92 Å². The van der Waals surface area contributed by atoms with E-state index < -0.39 is 0 Å². The van der Waals surface area contributed by atoms with Crippen molar-refractivity contribution in [1.29, 1.82) is 0 Å². The van der Waals surface area contributed by atoms with Gasteiger partial charge in [0, 0.05) is 6.61 Å². The highest BCUT2D eigenvalue weighted by Crippen LogP contribution is 2.14. The van der Waals surface area contributed by atoms with Gasteiger partial charge in [0.15, 0.2) is 0 Å². The number of benzene rings is 1. The summed E-state index contributed by atoms with van der Waals surface area (Å²) in [5.74, 6) is 0.593. The Kier molecular flexibility index (Phi) is 6.23. The van der Waals surface area contributed by atoms with E-state index in [2.05, 4.69) is 50.4 Å². The van der Waals surface area contributed by atoms with Gasteiger partial charge in [0.1, 0.15) is 0 Å². The summed E-state index contributed by atoms with van der Waals surface area (Å²) in [5.41, 5.74) is 2.68. The summed E-state index contributed by atoms with van der Waals surface area (Å²) in [7, 11) is 1.98. The molecule has 0 aliphatic rings. The number of aryl methyl sites for hydroxylation is 1. The van der Waals surface area contributed by atoms with Gasteiger partial charge in [-0.3, -0.25) is 0 Å². The van der Waals surface area contributed by atoms with Gasteiger partial charge in [0.05, 0.1) is 12.6 Å². The van der Waals surface area contributed by atoms with E-state index in [1.54, 1.807) is 0 Å². The molecule has 0 aliphatic carbocycles. The summed E-state index contributed by atoms with van der Waals surface area (Å²) < 4.78 is 5.70. The predicted molar refractivity (Wildman–Crippen MR) is 73.3 cm³/mol. The van der Waals surface area contributed by atoms with Crippen molar-refractivity contribution < 1.29 is 4.74 Å². The molecule has 1 unspecified atom stereocenters. The normalized spacial score (nSPS) is 13.0. The molecule has 0 radical (unpaired) electrons. The van der Waals surface area contributed by atoms with Gasteiger partial charge >= 0.3 is 0 Å². The highest BCUT2D eigenvalue weighted by molar-refractivity contribution is 5.25. The van der Waals surface area contributed by atoms with Gasteiger partial charge in [-0.05, 0) is 30.5 Å². The third-order valence-electron chi connectivity index (χ3n) is 2.87. The van der Waals surface area contributed by atoms with Crippen molar-refractivity contribution in [2.24, 2.45) is 5.92 Å². The lowest BCUT2D eigenvalue weighted by molar-refractivity contribution is 0.0919. The van der Waals surface area contributed by atoms with Gasteiger partial charge in [0.2, 0.25) is 0 Å². The highest BCUT2D eigenvalue weighted by Gasteiger charge is 2.09. The van der Waals surface area contributed by atoms with Gasteiger partial charge in [-0.15, -0.1) is 0 Å². The van der Waals surface area contributed by atoms with Crippen molar-refractivity contribution in [2.45, 2.75) is 33.2 Å². The third kappa shape index (κ3) is 4.88. The number of ether oxygens (including phenoxy) is 1. The molecule has 0 amide bonds. The van der Waals surface area contributed by atoms with Crippen molar-refractivity contribution >= 4 is 0 Å². The largest absolute Gasteiger partial charge is 0.379 e. The van der Waals surface area contributed by atoms with Crippen molar-refractivity contribution in [1.82, 2.24) is 5.32 Å². The molecule has 0 aromatic heterocycles. The minimum Gasteiger partial charge on any atom is -0.379 e. The molecule has 0 heterocycles. The van der Waals surface area contributed by atoms with E-state index >= 15 is 0 Å². The summed E-state index contributed by atoms with van der Waals surface area (Å²) >= 11 is 0. The topological polar surface area (TPSA) is 21.3 Å². The number of hydrogen-bond acceptors (Lipinski definition) is 2. The molecule has 2 heteroatoms. The van der Waals surface area contributed by atoms with E-state index in [1.807, 2.05) is 7.05 Å². The molecule has 0 saturated heterocycles. The van der Waals surface area contributed by atoms with E-state index in [-0.39, 0.29) is 0 Å². The van der Waals surface area contributed by atoms with E-state index in [0.29, 0.717) is 12.0 Å². The molecule has 1 rings (SSSR count). The Labute approximate surface area is 105 Å². The summed E-state index contributed by atoms with van der Waals surface area (Å²) in [6.45, 7) is 8.08. The van der Waals surface area contributed by atoms with Crippen LogP contribution in [0.1, 0.15) is 37.9 Å². The van der Waals surface area contributed by atoms with Gasteiger partial charge in [-0.25, -0.2) is 0 Å². The molecule has 0 fully saturated rings. The fraction of sp³-hybridized carbons (Fsp3) is 0.600. The first-order valence-corrected chi connectivity index (χ1v) is 6.51. The highest BCUT2D eigenvalue weighted by atomic mass is 16.5. The second-order valence-corrected chi connectivity index (χ2v) is 4.87. The van der Waals surface area contributed by atoms with Crippen LogP contribution >= 0.6 is 0 Å². The van der Waals surface area contributed by atoms with Crippen LogP contribution in [0.15, 0.2) is 24.3 Å². The Morgan fingerprint density at radius 1 is 1.12 bits per heavy atom. The quantitative estimate of drug-likeness (QED) is 0.783. The molecular weight excluding hydrogens is 210 g/mol. The van der Waals surface area contributed by atoms with Crippen molar-refractivity contribution in [2.75, 3.05) is 20.3 Å². The first kappa shape index (κ1) is 14.2. The average Bonchev–Trinajstić information content (AvgIpc) is 2.34. The van der Waals surface area contributed by atoms with Gasteiger partial charge in [-0.1, -0.05) is 45.0 Å². The van der Waals surface area contributed by atoms with E-state index in [1.165, 1.54) is 11.1 Å². The van der Waals surface area contributed by atoms with Crippen LogP contribution in [-0.4, -0.2) is 20.3 Å². The standard InChI is InChI=1S/C15H25NO/c1-5-13-6-8-14(9-7-13)15(16-4)11-17-10-12(2)3/h6-9,12,15-16H,5,10-11H2,1-4H3. The minimum atomic E-state index is 0.291. The molecule has 17 heavy (non-hydrogen) atoms. The lowest BCUT2D eigenvalue weighted by Crippen LogP contribution is -2.22. The van der Waals surface area contributed by atoms with Gasteiger partial charge in [0.25, 0.3) is 0 Å². The second kappa shape index (κ2) is 7.46. The zero-order valence-electron chi connectivity index (χ0n) is 11.5. The second-order valence-electron chi connectivity index (χ2n) is 4.87. The van der Waals surface area contributed by atoms with Crippen LogP contribution in [0.25, 0.3) is 0 Å². The molecule has 0 aliphatic heterocycles. The zero-order chi connectivity index (χ0) is 12.7. The van der Waals surface area contributed by atoms with E-state index in [4.69, 9.17) is 4.74 Å².